The molecule has 0 amide bonds. The van der Waals surface area contributed by atoms with Gasteiger partial charge in [0.25, 0.3) is 0 Å². The normalized spacial score (nSPS) is 39.2. The van der Waals surface area contributed by atoms with E-state index in [9.17, 15) is 4.79 Å². The van der Waals surface area contributed by atoms with Crippen molar-refractivity contribution in [1.29, 1.82) is 0 Å². The van der Waals surface area contributed by atoms with E-state index < -0.39 is 0 Å². The molecule has 2 aliphatic carbocycles. The minimum absolute atomic E-state index is 0.124. The van der Waals surface area contributed by atoms with Crippen LogP contribution in [0.5, 0.6) is 0 Å². The van der Waals surface area contributed by atoms with Crippen molar-refractivity contribution < 1.29 is 18.7 Å². The monoisotopic (exact) mass is 360 g/mol. The number of hydrogen-bond donors (Lipinski definition) is 0. The Labute approximate surface area is 156 Å². The van der Waals surface area contributed by atoms with Crippen LogP contribution in [0.2, 0.25) is 0 Å². The number of hydrogen-bond acceptors (Lipinski definition) is 4. The third-order valence-electron chi connectivity index (χ3n) is 7.68. The fraction of sp³-hybridized carbons (Fsp3) is 0.773. The number of rotatable bonds is 4. The van der Waals surface area contributed by atoms with Gasteiger partial charge in [-0.05, 0) is 55.6 Å². The van der Waals surface area contributed by atoms with Gasteiger partial charge < -0.3 is 13.9 Å². The minimum Gasteiger partial charge on any atom is -0.472 e. The van der Waals surface area contributed by atoms with Crippen molar-refractivity contribution in [2.45, 2.75) is 77.9 Å². The van der Waals surface area contributed by atoms with Gasteiger partial charge >= 0.3 is 5.97 Å². The summed E-state index contributed by atoms with van der Waals surface area (Å²) in [5.74, 6) is 0.675. The summed E-state index contributed by atoms with van der Waals surface area (Å²) in [6.45, 7) is 9.43. The number of carbonyl (C=O) groups is 1. The van der Waals surface area contributed by atoms with E-state index in [0.29, 0.717) is 17.8 Å². The lowest BCUT2D eigenvalue weighted by molar-refractivity contribution is -0.167. The lowest BCUT2D eigenvalue weighted by Crippen LogP contribution is -2.58. The molecule has 1 saturated heterocycles. The highest BCUT2D eigenvalue weighted by Crippen LogP contribution is 2.67. The molecule has 1 spiro atoms. The fourth-order valence-electron chi connectivity index (χ4n) is 6.81. The summed E-state index contributed by atoms with van der Waals surface area (Å²) in [6.07, 6.45) is 9.98. The second-order valence-electron chi connectivity index (χ2n) is 9.73. The zero-order chi connectivity index (χ0) is 18.6. The Balaban J connectivity index is 1.74. The maximum absolute atomic E-state index is 12.0. The van der Waals surface area contributed by atoms with E-state index in [4.69, 9.17) is 13.9 Å². The van der Waals surface area contributed by atoms with Crippen LogP contribution in [0, 0.1) is 22.7 Å². The molecule has 144 valence electrons. The Bertz CT molecular complexity index is 664. The lowest BCUT2D eigenvalue weighted by atomic mass is 9.45. The van der Waals surface area contributed by atoms with Crippen molar-refractivity contribution in [2.24, 2.45) is 22.7 Å². The van der Waals surface area contributed by atoms with Gasteiger partial charge in [-0.2, -0.15) is 0 Å². The Kier molecular flexibility index (Phi) is 4.26. The van der Waals surface area contributed by atoms with Crippen LogP contribution in [0.1, 0.15) is 65.4 Å². The third-order valence-corrected chi connectivity index (χ3v) is 7.68. The summed E-state index contributed by atoms with van der Waals surface area (Å²) < 4.78 is 17.7. The molecule has 3 aliphatic rings. The minimum atomic E-state index is -0.201. The zero-order valence-electron chi connectivity index (χ0n) is 16.5. The van der Waals surface area contributed by atoms with Gasteiger partial charge in [0, 0.05) is 24.7 Å². The van der Waals surface area contributed by atoms with Crippen LogP contribution in [0.25, 0.3) is 0 Å². The van der Waals surface area contributed by atoms with Crippen molar-refractivity contribution in [3.8, 4) is 0 Å². The standard InChI is InChI=1S/C22H32O4/c1-15(23)26-17(12-16-7-11-24-13-16)19-21(4)10-6-18-20(2,3)8-5-9-22(18,19)14-25-21/h7,11,13,17-19H,5-6,8-10,12,14H2,1-4H3/t17-,18-,19-,21+,22+/m0/s1. The summed E-state index contributed by atoms with van der Waals surface area (Å²) in [7, 11) is 0. The van der Waals surface area contributed by atoms with Crippen LogP contribution < -0.4 is 0 Å². The van der Waals surface area contributed by atoms with Crippen molar-refractivity contribution >= 4 is 5.97 Å². The topological polar surface area (TPSA) is 48.7 Å². The molecule has 4 rings (SSSR count). The van der Waals surface area contributed by atoms with E-state index in [-0.39, 0.29) is 29.0 Å². The predicted octanol–water partition coefficient (Wildman–Crippen LogP) is 4.77. The Morgan fingerprint density at radius 1 is 1.31 bits per heavy atom. The molecular formula is C22H32O4. The van der Waals surface area contributed by atoms with E-state index in [2.05, 4.69) is 20.8 Å². The first-order valence-corrected chi connectivity index (χ1v) is 10.1. The van der Waals surface area contributed by atoms with Crippen molar-refractivity contribution in [3.05, 3.63) is 24.2 Å². The summed E-state index contributed by atoms with van der Waals surface area (Å²) in [5, 5.41) is 0. The molecule has 2 saturated carbocycles. The van der Waals surface area contributed by atoms with Crippen molar-refractivity contribution in [3.63, 3.8) is 0 Å². The quantitative estimate of drug-likeness (QED) is 0.726. The summed E-state index contributed by atoms with van der Waals surface area (Å²) in [6, 6.07) is 1.98. The van der Waals surface area contributed by atoms with E-state index in [0.717, 1.165) is 18.6 Å². The first-order valence-electron chi connectivity index (χ1n) is 10.1. The number of esters is 1. The number of carbonyl (C=O) groups excluding carboxylic acids is 1. The van der Waals surface area contributed by atoms with E-state index in [1.165, 1.54) is 32.6 Å². The van der Waals surface area contributed by atoms with E-state index >= 15 is 0 Å². The molecule has 3 fully saturated rings. The van der Waals surface area contributed by atoms with Gasteiger partial charge in [-0.25, -0.2) is 0 Å². The van der Waals surface area contributed by atoms with Crippen LogP contribution in [0.3, 0.4) is 0 Å². The highest BCUT2D eigenvalue weighted by atomic mass is 16.6. The van der Waals surface area contributed by atoms with Crippen LogP contribution >= 0.6 is 0 Å². The highest BCUT2D eigenvalue weighted by molar-refractivity contribution is 5.66. The Morgan fingerprint density at radius 3 is 2.81 bits per heavy atom. The molecule has 26 heavy (non-hydrogen) atoms. The maximum atomic E-state index is 12.0. The van der Waals surface area contributed by atoms with Gasteiger partial charge in [-0.15, -0.1) is 0 Å². The van der Waals surface area contributed by atoms with Gasteiger partial charge in [-0.3, -0.25) is 4.79 Å². The Morgan fingerprint density at radius 2 is 2.12 bits per heavy atom. The first kappa shape index (κ1) is 18.1. The predicted molar refractivity (Wildman–Crippen MR) is 98.6 cm³/mol. The molecule has 0 aromatic carbocycles. The van der Waals surface area contributed by atoms with Gasteiger partial charge in [-0.1, -0.05) is 20.3 Å². The first-order chi connectivity index (χ1) is 12.3. The second kappa shape index (κ2) is 6.12. The maximum Gasteiger partial charge on any atom is 0.302 e. The van der Waals surface area contributed by atoms with Crippen molar-refractivity contribution in [1.82, 2.24) is 0 Å². The SMILES string of the molecule is CC(=O)O[C@@H](Cc1ccoc1)[C@@H]1[C@@]23CCCC(C)(C)[C@@H]2CC[C@@]1(C)OC3. The molecule has 4 nitrogen and oxygen atoms in total. The van der Waals surface area contributed by atoms with E-state index in [1.807, 2.05) is 6.07 Å². The molecule has 1 aromatic heterocycles. The van der Waals surface area contributed by atoms with Gasteiger partial charge in [0.1, 0.15) is 6.10 Å². The second-order valence-corrected chi connectivity index (χ2v) is 9.73. The molecule has 5 atom stereocenters. The number of fused-ring (bicyclic) bond motifs is 1. The molecule has 0 N–H and O–H groups in total. The molecule has 0 unspecified atom stereocenters. The van der Waals surface area contributed by atoms with Gasteiger partial charge in [0.05, 0.1) is 24.7 Å². The number of furan rings is 1. The molecule has 4 heteroatoms. The zero-order valence-corrected chi connectivity index (χ0v) is 16.5. The Hall–Kier alpha value is -1.29. The average molecular weight is 360 g/mol. The molecule has 1 aromatic rings. The average Bonchev–Trinajstić information content (AvgIpc) is 3.09. The van der Waals surface area contributed by atoms with Gasteiger partial charge in [0.15, 0.2) is 0 Å². The largest absolute Gasteiger partial charge is 0.472 e. The van der Waals surface area contributed by atoms with Crippen molar-refractivity contribution in [2.75, 3.05) is 6.61 Å². The highest BCUT2D eigenvalue weighted by Gasteiger charge is 2.67. The van der Waals surface area contributed by atoms with E-state index in [1.54, 1.807) is 12.5 Å². The number of ether oxygens (including phenoxy) is 2. The van der Waals surface area contributed by atoms with Crippen LogP contribution in [0.4, 0.5) is 0 Å². The summed E-state index contributed by atoms with van der Waals surface area (Å²) >= 11 is 0. The summed E-state index contributed by atoms with van der Waals surface area (Å²) in [4.78, 5) is 12.0. The molecule has 0 radical (unpaired) electrons. The summed E-state index contributed by atoms with van der Waals surface area (Å²) in [5.41, 5.74) is 1.33. The lowest BCUT2D eigenvalue weighted by Gasteiger charge is -2.58. The molecule has 2 bridgehead atoms. The molecular weight excluding hydrogens is 328 g/mol. The smallest absolute Gasteiger partial charge is 0.302 e. The van der Waals surface area contributed by atoms with Crippen LogP contribution in [0.15, 0.2) is 23.0 Å². The van der Waals surface area contributed by atoms with Crippen LogP contribution in [-0.4, -0.2) is 24.3 Å². The third kappa shape index (κ3) is 2.72. The molecule has 1 aliphatic heterocycles. The van der Waals surface area contributed by atoms with Crippen LogP contribution in [-0.2, 0) is 20.7 Å². The fourth-order valence-corrected chi connectivity index (χ4v) is 6.81. The van der Waals surface area contributed by atoms with Gasteiger partial charge in [0.2, 0.25) is 0 Å². The molecule has 2 heterocycles.